The predicted octanol–water partition coefficient (Wildman–Crippen LogP) is 1.14. The van der Waals surface area contributed by atoms with Gasteiger partial charge in [0.05, 0.1) is 7.11 Å². The average Bonchev–Trinajstić information content (AvgIpc) is 2.60. The van der Waals surface area contributed by atoms with Crippen molar-refractivity contribution in [3.63, 3.8) is 0 Å². The fraction of sp³-hybridized carbons (Fsp3) is 0.588. The fourth-order valence-electron chi connectivity index (χ4n) is 3.02. The molecule has 0 aliphatic carbocycles. The maximum Gasteiger partial charge on any atom is 0.253 e. The molecule has 1 aliphatic rings. The van der Waals surface area contributed by atoms with Gasteiger partial charge in [-0.1, -0.05) is 0 Å². The van der Waals surface area contributed by atoms with Crippen LogP contribution in [0.5, 0.6) is 5.75 Å². The minimum absolute atomic E-state index is 0.00341. The van der Waals surface area contributed by atoms with E-state index in [4.69, 9.17) is 10.5 Å². The molecule has 2 N–H and O–H groups in total. The van der Waals surface area contributed by atoms with Gasteiger partial charge in [0, 0.05) is 38.8 Å². The molecule has 0 spiro atoms. The number of ether oxygens (including phenoxy) is 1. The van der Waals surface area contributed by atoms with Crippen LogP contribution < -0.4 is 10.5 Å². The number of hydrogen-bond donors (Lipinski definition) is 1. The van der Waals surface area contributed by atoms with Gasteiger partial charge in [0.25, 0.3) is 5.91 Å². The summed E-state index contributed by atoms with van der Waals surface area (Å²) >= 11 is 0. The highest BCUT2D eigenvalue weighted by Gasteiger charge is 2.28. The van der Waals surface area contributed by atoms with Crippen molar-refractivity contribution in [2.24, 2.45) is 11.7 Å². The Hall–Kier alpha value is -1.64. The Kier molecular flexibility index (Phi) is 6.08. The van der Waals surface area contributed by atoms with Crippen LogP contribution in [-0.4, -0.2) is 63.9 Å². The zero-order valence-electron chi connectivity index (χ0n) is 15.2. The van der Waals surface area contributed by atoms with Crippen LogP contribution in [0.15, 0.2) is 23.1 Å². The van der Waals surface area contributed by atoms with Gasteiger partial charge in [-0.05, 0) is 43.9 Å². The molecule has 1 atom stereocenters. The molecule has 0 radical (unpaired) electrons. The molecule has 1 fully saturated rings. The van der Waals surface area contributed by atoms with Gasteiger partial charge in [-0.2, -0.15) is 0 Å². The summed E-state index contributed by atoms with van der Waals surface area (Å²) in [5.41, 5.74) is 6.29. The molecule has 8 heteroatoms. The minimum atomic E-state index is -3.71. The Morgan fingerprint density at radius 1 is 1.32 bits per heavy atom. The molecule has 25 heavy (non-hydrogen) atoms. The largest absolute Gasteiger partial charge is 0.495 e. The molecule has 0 saturated carbocycles. The number of hydrogen-bond acceptors (Lipinski definition) is 5. The standard InChI is InChI=1S/C17H27N3O4S/c1-12(18)13-7-9-20(10-8-13)17(21)14-5-6-15(24-4)16(11-14)25(22,23)19(2)3/h5-6,11-13H,7-10,18H2,1-4H3. The molecule has 1 aromatic rings. The molecule has 1 aromatic carbocycles. The SMILES string of the molecule is COc1ccc(C(=O)N2CCC(C(C)N)CC2)cc1S(=O)(=O)N(C)C. The van der Waals surface area contributed by atoms with Crippen molar-refractivity contribution in [2.75, 3.05) is 34.3 Å². The van der Waals surface area contributed by atoms with Crippen LogP contribution in [0.1, 0.15) is 30.1 Å². The van der Waals surface area contributed by atoms with E-state index in [1.807, 2.05) is 6.92 Å². The van der Waals surface area contributed by atoms with Crippen molar-refractivity contribution < 1.29 is 17.9 Å². The van der Waals surface area contributed by atoms with Gasteiger partial charge in [-0.25, -0.2) is 12.7 Å². The maximum absolute atomic E-state index is 12.8. The van der Waals surface area contributed by atoms with Crippen LogP contribution >= 0.6 is 0 Å². The molecule has 1 saturated heterocycles. The Morgan fingerprint density at radius 3 is 2.40 bits per heavy atom. The number of amides is 1. The summed E-state index contributed by atoms with van der Waals surface area (Å²) < 4.78 is 31.2. The van der Waals surface area contributed by atoms with Gasteiger partial charge < -0.3 is 15.4 Å². The minimum Gasteiger partial charge on any atom is -0.495 e. The zero-order chi connectivity index (χ0) is 18.8. The second kappa shape index (κ2) is 7.72. The molecular weight excluding hydrogens is 342 g/mol. The summed E-state index contributed by atoms with van der Waals surface area (Å²) in [6.45, 7) is 3.25. The van der Waals surface area contributed by atoms with E-state index in [9.17, 15) is 13.2 Å². The molecule has 140 valence electrons. The number of nitrogens with zero attached hydrogens (tertiary/aromatic N) is 2. The van der Waals surface area contributed by atoms with Crippen LogP contribution in [0.25, 0.3) is 0 Å². The van der Waals surface area contributed by atoms with Crippen molar-refractivity contribution in [1.29, 1.82) is 0 Å². The number of carbonyl (C=O) groups is 1. The van der Waals surface area contributed by atoms with E-state index in [1.54, 1.807) is 11.0 Å². The Morgan fingerprint density at radius 2 is 1.92 bits per heavy atom. The van der Waals surface area contributed by atoms with E-state index in [0.717, 1.165) is 17.1 Å². The third-order valence-corrected chi connectivity index (χ3v) is 6.58. The van der Waals surface area contributed by atoms with Gasteiger partial charge in [-0.15, -0.1) is 0 Å². The highest BCUT2D eigenvalue weighted by molar-refractivity contribution is 7.89. The summed E-state index contributed by atoms with van der Waals surface area (Å²) in [6.07, 6.45) is 1.73. The topological polar surface area (TPSA) is 92.9 Å². The molecule has 1 unspecified atom stereocenters. The quantitative estimate of drug-likeness (QED) is 0.840. The van der Waals surface area contributed by atoms with Gasteiger partial charge in [-0.3, -0.25) is 4.79 Å². The van der Waals surface area contributed by atoms with Crippen molar-refractivity contribution in [2.45, 2.75) is 30.7 Å². The summed E-state index contributed by atoms with van der Waals surface area (Å²) in [4.78, 5) is 14.5. The monoisotopic (exact) mass is 369 g/mol. The van der Waals surface area contributed by atoms with Crippen LogP contribution in [0.3, 0.4) is 0 Å². The highest BCUT2D eigenvalue weighted by Crippen LogP contribution is 2.28. The highest BCUT2D eigenvalue weighted by atomic mass is 32.2. The summed E-state index contributed by atoms with van der Waals surface area (Å²) in [5, 5.41) is 0. The Balaban J connectivity index is 2.27. The van der Waals surface area contributed by atoms with Crippen molar-refractivity contribution in [3.8, 4) is 5.75 Å². The Labute approximate surface area is 149 Å². The molecular formula is C17H27N3O4S. The number of methoxy groups -OCH3 is 1. The molecule has 0 aromatic heterocycles. The first-order valence-electron chi connectivity index (χ1n) is 8.34. The van der Waals surface area contributed by atoms with Gasteiger partial charge in [0.2, 0.25) is 10.0 Å². The molecule has 2 rings (SSSR count). The lowest BCUT2D eigenvalue weighted by Gasteiger charge is -2.33. The fourth-order valence-corrected chi connectivity index (χ4v) is 4.09. The second-order valence-corrected chi connectivity index (χ2v) is 8.76. The van der Waals surface area contributed by atoms with E-state index in [1.165, 1.54) is 33.3 Å². The number of rotatable bonds is 5. The third kappa shape index (κ3) is 4.13. The summed E-state index contributed by atoms with van der Waals surface area (Å²) in [7, 11) is 0.595. The predicted molar refractivity (Wildman–Crippen MR) is 96.1 cm³/mol. The molecule has 0 bridgehead atoms. The Bertz CT molecular complexity index is 723. The van der Waals surface area contributed by atoms with E-state index < -0.39 is 10.0 Å². The second-order valence-electron chi connectivity index (χ2n) is 6.64. The molecule has 7 nitrogen and oxygen atoms in total. The first-order chi connectivity index (χ1) is 11.7. The molecule has 1 heterocycles. The number of piperidine rings is 1. The van der Waals surface area contributed by atoms with E-state index in [-0.39, 0.29) is 22.6 Å². The first kappa shape index (κ1) is 19.7. The van der Waals surface area contributed by atoms with Crippen LogP contribution in [-0.2, 0) is 10.0 Å². The number of carbonyl (C=O) groups excluding carboxylic acids is 1. The number of likely N-dealkylation sites (tertiary alicyclic amines) is 1. The summed E-state index contributed by atoms with van der Waals surface area (Å²) in [6, 6.07) is 4.65. The number of sulfonamides is 1. The van der Waals surface area contributed by atoms with Crippen molar-refractivity contribution >= 4 is 15.9 Å². The zero-order valence-corrected chi connectivity index (χ0v) is 16.0. The molecule has 1 aliphatic heterocycles. The third-order valence-electron chi connectivity index (χ3n) is 4.74. The molecule has 1 amide bonds. The lowest BCUT2D eigenvalue weighted by Crippen LogP contribution is -2.42. The number of benzene rings is 1. The van der Waals surface area contributed by atoms with Crippen LogP contribution in [0, 0.1) is 5.92 Å². The first-order valence-corrected chi connectivity index (χ1v) is 9.78. The smallest absolute Gasteiger partial charge is 0.253 e. The summed E-state index contributed by atoms with van der Waals surface area (Å²) in [5.74, 6) is 0.478. The lowest BCUT2D eigenvalue weighted by atomic mass is 9.90. The van der Waals surface area contributed by atoms with Crippen molar-refractivity contribution in [3.05, 3.63) is 23.8 Å². The van der Waals surface area contributed by atoms with Gasteiger partial charge in [0.15, 0.2) is 0 Å². The van der Waals surface area contributed by atoms with E-state index in [2.05, 4.69) is 0 Å². The van der Waals surface area contributed by atoms with Crippen LogP contribution in [0.4, 0.5) is 0 Å². The lowest BCUT2D eigenvalue weighted by molar-refractivity contribution is 0.0680. The van der Waals surface area contributed by atoms with Crippen molar-refractivity contribution in [1.82, 2.24) is 9.21 Å². The van der Waals surface area contributed by atoms with E-state index in [0.29, 0.717) is 24.6 Å². The van der Waals surface area contributed by atoms with Gasteiger partial charge in [0.1, 0.15) is 10.6 Å². The van der Waals surface area contributed by atoms with E-state index >= 15 is 0 Å². The number of nitrogens with two attached hydrogens (primary N) is 1. The van der Waals surface area contributed by atoms with Gasteiger partial charge >= 0.3 is 0 Å². The average molecular weight is 369 g/mol. The maximum atomic E-state index is 12.8. The normalized spacial score (nSPS) is 17.6. The van der Waals surface area contributed by atoms with Crippen LogP contribution in [0.2, 0.25) is 0 Å².